The van der Waals surface area contributed by atoms with Gasteiger partial charge in [0.15, 0.2) is 0 Å². The fraction of sp³-hybridized carbons (Fsp3) is 0.345. The lowest BCUT2D eigenvalue weighted by Crippen LogP contribution is -2.42. The van der Waals surface area contributed by atoms with E-state index in [1.54, 1.807) is 17.0 Å². The molecule has 0 aliphatic carbocycles. The highest BCUT2D eigenvalue weighted by Crippen LogP contribution is 2.37. The molecule has 1 aromatic heterocycles. The zero-order chi connectivity index (χ0) is 25.7. The van der Waals surface area contributed by atoms with Crippen molar-refractivity contribution in [2.75, 3.05) is 18.4 Å². The van der Waals surface area contributed by atoms with Crippen LogP contribution in [0.2, 0.25) is 0 Å². The number of anilines is 1. The molecule has 186 valence electrons. The Bertz CT molecular complexity index is 1260. The smallest absolute Gasteiger partial charge is 0.410 e. The van der Waals surface area contributed by atoms with Gasteiger partial charge in [-0.25, -0.2) is 9.78 Å². The number of carbonyl (C=O) groups excluding carboxylic acids is 1. The first-order valence-electron chi connectivity index (χ1n) is 12.2. The van der Waals surface area contributed by atoms with E-state index in [2.05, 4.69) is 11.4 Å². The largest absolute Gasteiger partial charge is 0.507 e. The van der Waals surface area contributed by atoms with E-state index in [0.29, 0.717) is 42.3 Å². The van der Waals surface area contributed by atoms with E-state index in [-0.39, 0.29) is 17.8 Å². The summed E-state index contributed by atoms with van der Waals surface area (Å²) in [6, 6.07) is 21.2. The number of phenolic OH excluding ortho intramolecular Hbond substituents is 1. The van der Waals surface area contributed by atoms with Crippen molar-refractivity contribution in [1.29, 1.82) is 5.26 Å². The van der Waals surface area contributed by atoms with E-state index in [1.807, 2.05) is 69.3 Å². The number of para-hydroxylation sites is 1. The molecule has 1 fully saturated rings. The molecular formula is C29H32N4O3. The van der Waals surface area contributed by atoms with Crippen molar-refractivity contribution in [3.8, 4) is 23.1 Å². The number of pyridine rings is 1. The minimum absolute atomic E-state index is 0.0641. The van der Waals surface area contributed by atoms with Gasteiger partial charge in [0.1, 0.15) is 23.2 Å². The third-order valence-electron chi connectivity index (χ3n) is 6.16. The number of aromatic nitrogens is 1. The number of benzene rings is 2. The normalized spacial score (nSPS) is 15.7. The lowest BCUT2D eigenvalue weighted by molar-refractivity contribution is 0.0198. The summed E-state index contributed by atoms with van der Waals surface area (Å²) in [7, 11) is 0. The molecule has 2 N–H and O–H groups in total. The number of nitrogens with zero attached hydrogens (tertiary/aromatic N) is 3. The predicted molar refractivity (Wildman–Crippen MR) is 140 cm³/mol. The van der Waals surface area contributed by atoms with Crippen molar-refractivity contribution in [2.45, 2.75) is 51.7 Å². The fourth-order valence-electron chi connectivity index (χ4n) is 4.47. The Morgan fingerprint density at radius 3 is 2.61 bits per heavy atom. The molecule has 2 aromatic carbocycles. The van der Waals surface area contributed by atoms with Crippen LogP contribution in [0.1, 0.15) is 56.2 Å². The van der Waals surface area contributed by atoms with Gasteiger partial charge in [-0.3, -0.25) is 0 Å². The van der Waals surface area contributed by atoms with Crippen LogP contribution < -0.4 is 5.32 Å². The van der Waals surface area contributed by atoms with Crippen LogP contribution in [0.15, 0.2) is 60.7 Å². The first-order valence-corrected chi connectivity index (χ1v) is 12.2. The lowest BCUT2D eigenvalue weighted by atomic mass is 9.87. The Morgan fingerprint density at radius 2 is 1.92 bits per heavy atom. The number of rotatable bonds is 5. The SMILES string of the molecule is CC(C)(C)OC(=O)N1CCCC(c2cc(-c3ccccc3O)nc(NCc3ccccc3)c2C#N)C1. The van der Waals surface area contributed by atoms with Gasteiger partial charge in [0.05, 0.1) is 11.3 Å². The molecule has 4 rings (SSSR count). The standard InChI is InChI=1S/C29H32N4O3/c1-29(2,3)36-28(35)33-15-9-12-21(19-33)23-16-25(22-13-7-8-14-26(22)34)32-27(24(23)17-30)31-18-20-10-5-4-6-11-20/h4-8,10-11,13-14,16,21,34H,9,12,15,18-19H2,1-3H3,(H,31,32). The molecule has 0 radical (unpaired) electrons. The van der Waals surface area contributed by atoms with Crippen molar-refractivity contribution >= 4 is 11.9 Å². The Balaban J connectivity index is 1.72. The highest BCUT2D eigenvalue weighted by atomic mass is 16.6. The van der Waals surface area contributed by atoms with Crippen LogP contribution in [0, 0.1) is 11.3 Å². The van der Waals surface area contributed by atoms with Crippen molar-refractivity contribution in [1.82, 2.24) is 9.88 Å². The summed E-state index contributed by atoms with van der Waals surface area (Å²) in [6.45, 7) is 7.13. The van der Waals surface area contributed by atoms with Crippen molar-refractivity contribution < 1.29 is 14.6 Å². The first-order chi connectivity index (χ1) is 17.2. The van der Waals surface area contributed by atoms with Crippen LogP contribution in [0.5, 0.6) is 5.75 Å². The average molecular weight is 485 g/mol. The maximum atomic E-state index is 12.8. The first kappa shape index (κ1) is 25.1. The van der Waals surface area contributed by atoms with Gasteiger partial charge in [0.25, 0.3) is 0 Å². The molecule has 0 saturated carbocycles. The second-order valence-corrected chi connectivity index (χ2v) is 10.1. The van der Waals surface area contributed by atoms with Crippen LogP contribution in [0.4, 0.5) is 10.6 Å². The summed E-state index contributed by atoms with van der Waals surface area (Å²) >= 11 is 0. The van der Waals surface area contributed by atoms with Gasteiger partial charge in [-0.15, -0.1) is 0 Å². The number of carbonyl (C=O) groups is 1. The fourth-order valence-corrected chi connectivity index (χ4v) is 4.47. The molecule has 1 aliphatic heterocycles. The molecule has 0 bridgehead atoms. The number of hydrogen-bond donors (Lipinski definition) is 2. The number of ether oxygens (including phenoxy) is 1. The number of piperidine rings is 1. The third kappa shape index (κ3) is 5.95. The summed E-state index contributed by atoms with van der Waals surface area (Å²) in [5.74, 6) is 0.519. The third-order valence-corrected chi connectivity index (χ3v) is 6.16. The topological polar surface area (TPSA) is 98.5 Å². The molecule has 1 saturated heterocycles. The monoisotopic (exact) mass is 484 g/mol. The Morgan fingerprint density at radius 1 is 1.19 bits per heavy atom. The maximum absolute atomic E-state index is 12.8. The molecule has 1 atom stereocenters. The van der Waals surface area contributed by atoms with Gasteiger partial charge < -0.3 is 20.1 Å². The highest BCUT2D eigenvalue weighted by Gasteiger charge is 2.31. The van der Waals surface area contributed by atoms with Gasteiger partial charge in [0, 0.05) is 31.1 Å². The summed E-state index contributed by atoms with van der Waals surface area (Å²) in [5.41, 5.74) is 2.92. The van der Waals surface area contributed by atoms with Crippen LogP contribution >= 0.6 is 0 Å². The molecule has 1 unspecified atom stereocenters. The van der Waals surface area contributed by atoms with E-state index < -0.39 is 5.60 Å². The Hall–Kier alpha value is -4.05. The highest BCUT2D eigenvalue weighted by molar-refractivity contribution is 5.72. The number of phenols is 1. The maximum Gasteiger partial charge on any atom is 0.410 e. The van der Waals surface area contributed by atoms with Crippen LogP contribution in [0.3, 0.4) is 0 Å². The number of nitriles is 1. The van der Waals surface area contributed by atoms with E-state index in [0.717, 1.165) is 24.0 Å². The van der Waals surface area contributed by atoms with Gasteiger partial charge in [-0.05, 0) is 62.9 Å². The molecule has 2 heterocycles. The second-order valence-electron chi connectivity index (χ2n) is 10.1. The second kappa shape index (κ2) is 10.7. The van der Waals surface area contributed by atoms with E-state index in [9.17, 15) is 15.2 Å². The number of amides is 1. The van der Waals surface area contributed by atoms with Gasteiger partial charge >= 0.3 is 6.09 Å². The van der Waals surface area contributed by atoms with Gasteiger partial charge in [-0.1, -0.05) is 42.5 Å². The van der Waals surface area contributed by atoms with E-state index in [1.165, 1.54) is 0 Å². The number of hydrogen-bond acceptors (Lipinski definition) is 6. The number of nitrogens with one attached hydrogen (secondary N) is 1. The van der Waals surface area contributed by atoms with Crippen LogP contribution in [0.25, 0.3) is 11.3 Å². The molecule has 3 aromatic rings. The minimum atomic E-state index is -0.578. The van der Waals surface area contributed by atoms with Gasteiger partial charge in [0.2, 0.25) is 0 Å². The number of aromatic hydroxyl groups is 1. The number of likely N-dealkylation sites (tertiary alicyclic amines) is 1. The quantitative estimate of drug-likeness (QED) is 0.457. The summed E-state index contributed by atoms with van der Waals surface area (Å²) in [5, 5.41) is 24.0. The van der Waals surface area contributed by atoms with Crippen molar-refractivity contribution in [3.63, 3.8) is 0 Å². The van der Waals surface area contributed by atoms with Crippen molar-refractivity contribution in [3.05, 3.63) is 77.4 Å². The zero-order valence-corrected chi connectivity index (χ0v) is 21.0. The molecule has 7 nitrogen and oxygen atoms in total. The summed E-state index contributed by atoms with van der Waals surface area (Å²) in [4.78, 5) is 19.3. The minimum Gasteiger partial charge on any atom is -0.507 e. The van der Waals surface area contributed by atoms with Crippen LogP contribution in [-0.4, -0.2) is 39.8 Å². The van der Waals surface area contributed by atoms with Crippen LogP contribution in [-0.2, 0) is 11.3 Å². The Labute approximate surface area is 212 Å². The molecule has 36 heavy (non-hydrogen) atoms. The molecule has 0 spiro atoms. The lowest BCUT2D eigenvalue weighted by Gasteiger charge is -2.35. The molecular weight excluding hydrogens is 452 g/mol. The molecule has 1 aliphatic rings. The molecule has 7 heteroatoms. The van der Waals surface area contributed by atoms with Gasteiger partial charge in [-0.2, -0.15) is 5.26 Å². The van der Waals surface area contributed by atoms with Crippen molar-refractivity contribution in [2.24, 2.45) is 0 Å². The zero-order valence-electron chi connectivity index (χ0n) is 21.0. The average Bonchev–Trinajstić information content (AvgIpc) is 2.87. The summed E-state index contributed by atoms with van der Waals surface area (Å²) in [6.07, 6.45) is 1.29. The summed E-state index contributed by atoms with van der Waals surface area (Å²) < 4.78 is 5.60. The van der Waals surface area contributed by atoms with E-state index in [4.69, 9.17) is 9.72 Å². The molecule has 1 amide bonds. The predicted octanol–water partition coefficient (Wildman–Crippen LogP) is 6.05. The Kier molecular flexibility index (Phi) is 7.44. The van der Waals surface area contributed by atoms with E-state index >= 15 is 0 Å².